The van der Waals surface area contributed by atoms with E-state index in [1.165, 1.54) is 27.9 Å². The molecule has 22 heavy (non-hydrogen) atoms. The minimum Gasteiger partial charge on any atom is -0.363 e. The molecule has 114 valence electrons. The van der Waals surface area contributed by atoms with Gasteiger partial charge in [-0.05, 0) is 35.5 Å². The average Bonchev–Trinajstić information content (AvgIpc) is 3.03. The Morgan fingerprint density at radius 2 is 2.32 bits per heavy atom. The molecule has 3 aromatic rings. The molecule has 0 aliphatic rings. The Hall–Kier alpha value is -2.48. The first-order chi connectivity index (χ1) is 10.6. The summed E-state index contributed by atoms with van der Waals surface area (Å²) in [4.78, 5) is 15.5. The number of halogens is 1. The van der Waals surface area contributed by atoms with Crippen molar-refractivity contribution < 1.29 is 9.31 Å². The summed E-state index contributed by atoms with van der Waals surface area (Å²) in [6.45, 7) is 0.530. The first kappa shape index (κ1) is 14.5. The van der Waals surface area contributed by atoms with Crippen molar-refractivity contribution in [1.29, 1.82) is 0 Å². The molecule has 3 rings (SSSR count). The van der Waals surface area contributed by atoms with Gasteiger partial charge in [0.25, 0.3) is 4.96 Å². The van der Waals surface area contributed by atoms with Crippen molar-refractivity contribution in [3.63, 3.8) is 0 Å². The number of fused-ring (bicyclic) bond motifs is 1. The third kappa shape index (κ3) is 2.91. The van der Waals surface area contributed by atoms with Crippen LogP contribution in [0.2, 0.25) is 0 Å². The zero-order valence-electron chi connectivity index (χ0n) is 11.5. The van der Waals surface area contributed by atoms with Crippen LogP contribution in [0.25, 0.3) is 4.96 Å². The van der Waals surface area contributed by atoms with Gasteiger partial charge in [-0.2, -0.15) is 9.38 Å². The second-order valence-electron chi connectivity index (χ2n) is 4.76. The number of aromatic nitrogens is 2. The topological polar surface area (TPSA) is 72.5 Å². The van der Waals surface area contributed by atoms with Gasteiger partial charge >= 0.3 is 5.82 Å². The summed E-state index contributed by atoms with van der Waals surface area (Å²) in [7, 11) is 0. The van der Waals surface area contributed by atoms with Gasteiger partial charge < -0.3 is 15.4 Å². The highest BCUT2D eigenvalue weighted by Crippen LogP contribution is 2.27. The molecule has 0 aliphatic heterocycles. The van der Waals surface area contributed by atoms with E-state index in [9.17, 15) is 14.5 Å². The van der Waals surface area contributed by atoms with E-state index in [1.54, 1.807) is 17.6 Å². The predicted molar refractivity (Wildman–Crippen MR) is 82.9 cm³/mol. The number of nitrogens with zero attached hydrogens (tertiary/aromatic N) is 3. The number of benzene rings is 1. The monoisotopic (exact) mass is 320 g/mol. The van der Waals surface area contributed by atoms with Gasteiger partial charge in [-0.15, -0.1) is 0 Å². The van der Waals surface area contributed by atoms with Gasteiger partial charge in [0.15, 0.2) is 0 Å². The summed E-state index contributed by atoms with van der Waals surface area (Å²) in [5.41, 5.74) is 0.905. The van der Waals surface area contributed by atoms with Crippen LogP contribution in [0, 0.1) is 15.9 Å². The molecule has 0 atom stereocenters. The first-order valence-corrected chi connectivity index (χ1v) is 7.61. The van der Waals surface area contributed by atoms with Gasteiger partial charge in [-0.1, -0.05) is 23.5 Å². The Balaban J connectivity index is 1.63. The molecule has 0 saturated heterocycles. The van der Waals surface area contributed by atoms with Gasteiger partial charge in [0, 0.05) is 11.9 Å². The quantitative estimate of drug-likeness (QED) is 0.429. The van der Waals surface area contributed by atoms with E-state index in [0.717, 1.165) is 12.0 Å². The Bertz CT molecular complexity index is 814. The molecule has 2 aromatic heterocycles. The molecular formula is C14H13FN4O2S. The van der Waals surface area contributed by atoms with Crippen LogP contribution in [0.3, 0.4) is 0 Å². The molecule has 0 bridgehead atoms. The van der Waals surface area contributed by atoms with Gasteiger partial charge in [0.1, 0.15) is 12.0 Å². The number of aryl methyl sites for hydroxylation is 1. The normalized spacial score (nSPS) is 11.0. The van der Waals surface area contributed by atoms with Crippen molar-refractivity contribution in [2.75, 3.05) is 11.9 Å². The minimum atomic E-state index is -0.443. The van der Waals surface area contributed by atoms with Crippen molar-refractivity contribution in [3.05, 3.63) is 57.3 Å². The van der Waals surface area contributed by atoms with Crippen molar-refractivity contribution >= 4 is 27.9 Å². The molecule has 0 saturated carbocycles. The smallest absolute Gasteiger partial charge is 0.363 e. The highest BCUT2D eigenvalue weighted by atomic mass is 32.1. The number of nitro groups is 1. The Morgan fingerprint density at radius 3 is 3.09 bits per heavy atom. The van der Waals surface area contributed by atoms with Gasteiger partial charge in [-0.3, -0.25) is 0 Å². The van der Waals surface area contributed by atoms with Crippen LogP contribution in [0.4, 0.5) is 16.0 Å². The van der Waals surface area contributed by atoms with E-state index in [2.05, 4.69) is 10.3 Å². The lowest BCUT2D eigenvalue weighted by molar-refractivity contribution is -0.389. The summed E-state index contributed by atoms with van der Waals surface area (Å²) in [5.74, 6) is -0.0338. The Morgan fingerprint density at radius 1 is 1.45 bits per heavy atom. The highest BCUT2D eigenvalue weighted by molar-refractivity contribution is 7.15. The van der Waals surface area contributed by atoms with Crippen molar-refractivity contribution in [1.82, 2.24) is 9.38 Å². The van der Waals surface area contributed by atoms with Gasteiger partial charge in [0.05, 0.1) is 0 Å². The van der Waals surface area contributed by atoms with E-state index < -0.39 is 4.92 Å². The number of hydrogen-bond donors (Lipinski definition) is 1. The van der Waals surface area contributed by atoms with E-state index >= 15 is 0 Å². The lowest BCUT2D eigenvalue weighted by Crippen LogP contribution is -2.06. The number of nitrogens with one attached hydrogen (secondary N) is 1. The fourth-order valence-electron chi connectivity index (χ4n) is 2.26. The van der Waals surface area contributed by atoms with Crippen LogP contribution in [-0.4, -0.2) is 20.9 Å². The van der Waals surface area contributed by atoms with Crippen LogP contribution in [0.1, 0.15) is 12.0 Å². The van der Waals surface area contributed by atoms with Crippen LogP contribution in [0.5, 0.6) is 0 Å². The van der Waals surface area contributed by atoms with Gasteiger partial charge in [-0.25, -0.2) is 4.39 Å². The molecule has 0 radical (unpaired) electrons. The fraction of sp³-hybridized carbons (Fsp3) is 0.214. The van der Waals surface area contributed by atoms with E-state index in [-0.39, 0.29) is 17.5 Å². The molecule has 0 amide bonds. The van der Waals surface area contributed by atoms with Crippen LogP contribution >= 0.6 is 11.3 Å². The molecule has 1 aromatic carbocycles. The maximum Gasteiger partial charge on any atom is 0.372 e. The molecule has 1 N–H and O–H groups in total. The number of imidazole rings is 1. The predicted octanol–water partition coefficient (Wildman–Crippen LogP) is 3.49. The zero-order valence-corrected chi connectivity index (χ0v) is 12.3. The maximum absolute atomic E-state index is 13.1. The van der Waals surface area contributed by atoms with Crippen molar-refractivity contribution in [3.8, 4) is 0 Å². The molecule has 0 aliphatic carbocycles. The maximum atomic E-state index is 13.1. The number of thiazole rings is 1. The van der Waals surface area contributed by atoms with Crippen LogP contribution in [-0.2, 0) is 6.42 Å². The Kier molecular flexibility index (Phi) is 4.01. The van der Waals surface area contributed by atoms with E-state index in [0.29, 0.717) is 17.9 Å². The summed E-state index contributed by atoms with van der Waals surface area (Å²) in [5, 5.41) is 15.9. The molecule has 2 heterocycles. The average molecular weight is 320 g/mol. The minimum absolute atomic E-state index is 0.0537. The third-order valence-corrected chi connectivity index (χ3v) is 3.99. The van der Waals surface area contributed by atoms with E-state index in [4.69, 9.17) is 0 Å². The highest BCUT2D eigenvalue weighted by Gasteiger charge is 2.22. The summed E-state index contributed by atoms with van der Waals surface area (Å²) in [6.07, 6.45) is 3.05. The zero-order chi connectivity index (χ0) is 15.5. The first-order valence-electron chi connectivity index (χ1n) is 6.73. The lowest BCUT2D eigenvalue weighted by atomic mass is 10.1. The standard InChI is InChI=1S/C14H13FN4O2S/c15-11-5-1-3-10(9-11)4-2-6-16-12-13(19(20)21)18-7-8-22-14(18)17-12/h1,3,5,7-9,16H,2,4,6H2. The summed E-state index contributed by atoms with van der Waals surface area (Å²) < 4.78 is 14.5. The Labute approximate surface area is 129 Å². The second-order valence-corrected chi connectivity index (χ2v) is 5.63. The lowest BCUT2D eigenvalue weighted by Gasteiger charge is -2.04. The van der Waals surface area contributed by atoms with Crippen molar-refractivity contribution in [2.45, 2.75) is 12.8 Å². The number of hydrogen-bond acceptors (Lipinski definition) is 5. The number of rotatable bonds is 6. The van der Waals surface area contributed by atoms with Crippen LogP contribution < -0.4 is 5.32 Å². The molecule has 6 nitrogen and oxygen atoms in total. The van der Waals surface area contributed by atoms with Crippen molar-refractivity contribution in [2.24, 2.45) is 0 Å². The second kappa shape index (κ2) is 6.10. The SMILES string of the molecule is O=[N+]([O-])c1c(NCCCc2cccc(F)c2)nc2sccn12. The number of anilines is 1. The third-order valence-electron chi connectivity index (χ3n) is 3.23. The fourth-order valence-corrected chi connectivity index (χ4v) is 2.97. The summed E-state index contributed by atoms with van der Waals surface area (Å²) >= 11 is 1.34. The molecular weight excluding hydrogens is 307 g/mol. The van der Waals surface area contributed by atoms with Crippen LogP contribution in [0.15, 0.2) is 35.8 Å². The summed E-state index contributed by atoms with van der Waals surface area (Å²) in [6, 6.07) is 6.43. The van der Waals surface area contributed by atoms with Gasteiger partial charge in [0.2, 0.25) is 5.82 Å². The molecule has 0 unspecified atom stereocenters. The largest absolute Gasteiger partial charge is 0.372 e. The molecule has 8 heteroatoms. The molecule has 0 fully saturated rings. The molecule has 0 spiro atoms. The van der Waals surface area contributed by atoms with E-state index in [1.807, 2.05) is 6.07 Å².